The molecular weight excluding hydrogens is 480 g/mol. The first-order valence-electron chi connectivity index (χ1n) is 8.07. The van der Waals surface area contributed by atoms with Crippen molar-refractivity contribution in [3.8, 4) is 0 Å². The molecule has 26 heavy (non-hydrogen) atoms. The third-order valence-corrected chi connectivity index (χ3v) is 4.94. The van der Waals surface area contributed by atoms with Crippen molar-refractivity contribution in [3.05, 3.63) is 79.2 Å². The maximum Gasteiger partial charge on any atom is 0.224 e. The van der Waals surface area contributed by atoms with Crippen molar-refractivity contribution in [3.63, 3.8) is 0 Å². The van der Waals surface area contributed by atoms with E-state index in [1.54, 1.807) is 0 Å². The van der Waals surface area contributed by atoms with Crippen LogP contribution in [0.15, 0.2) is 48.7 Å². The number of nitrogens with zero attached hydrogens (tertiary/aromatic N) is 2. The van der Waals surface area contributed by atoms with Crippen LogP contribution in [0.5, 0.6) is 0 Å². The van der Waals surface area contributed by atoms with Gasteiger partial charge >= 0.3 is 0 Å². The molecular formula is C20H16Cl2IN3. The molecule has 0 aliphatic carbocycles. The molecule has 0 amide bonds. The molecule has 3 aromatic rings. The molecule has 1 heterocycles. The number of benzene rings is 2. The minimum Gasteiger partial charge on any atom is -0.339 e. The number of hydrogen-bond donors (Lipinski definition) is 1. The summed E-state index contributed by atoms with van der Waals surface area (Å²) in [6, 6.07) is 14.5. The van der Waals surface area contributed by atoms with Gasteiger partial charge in [0.15, 0.2) is 5.82 Å². The summed E-state index contributed by atoms with van der Waals surface area (Å²) >= 11 is 14.3. The van der Waals surface area contributed by atoms with Gasteiger partial charge < -0.3 is 5.32 Å². The van der Waals surface area contributed by atoms with Crippen molar-refractivity contribution < 1.29 is 0 Å². The standard InChI is InChI=1S/C20H16Cl2IN3/c1-2-14-8-9-16(23)11-15(14)7-6-13-4-3-5-17(10-13)25-19-18(21)12-24-20(22)26-19/h3-12H,2H2,1H3,(H,24,25,26)/b7-6-. The first kappa shape index (κ1) is 19.1. The lowest BCUT2D eigenvalue weighted by molar-refractivity contribution is 1.13. The van der Waals surface area contributed by atoms with Gasteiger partial charge in [-0.3, -0.25) is 0 Å². The number of aromatic nitrogens is 2. The van der Waals surface area contributed by atoms with E-state index in [1.807, 2.05) is 18.2 Å². The van der Waals surface area contributed by atoms with Gasteiger partial charge in [0.2, 0.25) is 5.28 Å². The Morgan fingerprint density at radius 1 is 1.12 bits per heavy atom. The summed E-state index contributed by atoms with van der Waals surface area (Å²) in [6.45, 7) is 2.17. The number of hydrogen-bond acceptors (Lipinski definition) is 3. The average molecular weight is 496 g/mol. The fourth-order valence-corrected chi connectivity index (χ4v) is 3.31. The molecule has 0 atom stereocenters. The fourth-order valence-electron chi connectivity index (χ4n) is 2.52. The molecule has 0 unspecified atom stereocenters. The van der Waals surface area contributed by atoms with Crippen LogP contribution < -0.4 is 5.32 Å². The van der Waals surface area contributed by atoms with Gasteiger partial charge in [0.05, 0.1) is 6.20 Å². The van der Waals surface area contributed by atoms with Crippen molar-refractivity contribution in [1.82, 2.24) is 9.97 Å². The molecule has 0 aliphatic rings. The third-order valence-electron chi connectivity index (χ3n) is 3.81. The van der Waals surface area contributed by atoms with Crippen LogP contribution >= 0.6 is 45.8 Å². The molecule has 1 N–H and O–H groups in total. The van der Waals surface area contributed by atoms with Crippen LogP contribution in [0.4, 0.5) is 11.5 Å². The largest absolute Gasteiger partial charge is 0.339 e. The van der Waals surface area contributed by atoms with E-state index < -0.39 is 0 Å². The number of nitrogens with one attached hydrogen (secondary N) is 1. The van der Waals surface area contributed by atoms with Crippen molar-refractivity contribution in [2.24, 2.45) is 0 Å². The fraction of sp³-hybridized carbons (Fsp3) is 0.100. The van der Waals surface area contributed by atoms with Crippen molar-refractivity contribution in [1.29, 1.82) is 0 Å². The third kappa shape index (κ3) is 4.96. The molecule has 132 valence electrons. The van der Waals surface area contributed by atoms with E-state index in [4.69, 9.17) is 23.2 Å². The first-order chi connectivity index (χ1) is 12.5. The lowest BCUT2D eigenvalue weighted by Gasteiger charge is -2.08. The highest BCUT2D eigenvalue weighted by Crippen LogP contribution is 2.25. The smallest absolute Gasteiger partial charge is 0.224 e. The quantitative estimate of drug-likeness (QED) is 0.238. The van der Waals surface area contributed by atoms with Crippen molar-refractivity contribution in [2.75, 3.05) is 5.32 Å². The molecule has 0 bridgehead atoms. The Bertz CT molecular complexity index is 958. The Balaban J connectivity index is 1.84. The van der Waals surface area contributed by atoms with E-state index in [0.717, 1.165) is 17.7 Å². The molecule has 0 radical (unpaired) electrons. The minimum absolute atomic E-state index is 0.152. The van der Waals surface area contributed by atoms with Crippen molar-refractivity contribution in [2.45, 2.75) is 13.3 Å². The Hall–Kier alpha value is -1.63. The molecule has 6 heteroatoms. The van der Waals surface area contributed by atoms with E-state index in [-0.39, 0.29) is 5.28 Å². The molecule has 0 saturated carbocycles. The second-order valence-corrected chi connectivity index (χ2v) is 7.61. The van der Waals surface area contributed by atoms with Crippen molar-refractivity contribution >= 4 is 69.5 Å². The van der Waals surface area contributed by atoms with Crippen LogP contribution in [0.3, 0.4) is 0 Å². The highest BCUT2D eigenvalue weighted by Gasteiger charge is 2.05. The maximum atomic E-state index is 6.11. The highest BCUT2D eigenvalue weighted by atomic mass is 127. The molecule has 3 rings (SSSR count). The van der Waals surface area contributed by atoms with E-state index in [1.165, 1.54) is 20.9 Å². The number of aryl methyl sites for hydroxylation is 1. The van der Waals surface area contributed by atoms with Gasteiger partial charge in [0, 0.05) is 9.26 Å². The van der Waals surface area contributed by atoms with Gasteiger partial charge in [-0.1, -0.05) is 48.9 Å². The van der Waals surface area contributed by atoms with Crippen LogP contribution in [0.25, 0.3) is 12.2 Å². The minimum atomic E-state index is 0.152. The van der Waals surface area contributed by atoms with E-state index in [9.17, 15) is 0 Å². The predicted molar refractivity (Wildman–Crippen MR) is 119 cm³/mol. The van der Waals surface area contributed by atoms with Crippen LogP contribution in [0.1, 0.15) is 23.6 Å². The summed E-state index contributed by atoms with van der Waals surface area (Å²) in [5, 5.41) is 3.75. The van der Waals surface area contributed by atoms with E-state index >= 15 is 0 Å². The summed E-state index contributed by atoms with van der Waals surface area (Å²) in [7, 11) is 0. The number of rotatable bonds is 5. The monoisotopic (exact) mass is 495 g/mol. The zero-order chi connectivity index (χ0) is 18.5. The molecule has 0 saturated heterocycles. The molecule has 0 fully saturated rings. The highest BCUT2D eigenvalue weighted by molar-refractivity contribution is 14.1. The summed E-state index contributed by atoms with van der Waals surface area (Å²) < 4.78 is 1.23. The van der Waals surface area contributed by atoms with Gasteiger partial charge in [-0.15, -0.1) is 0 Å². The Morgan fingerprint density at radius 3 is 2.77 bits per heavy atom. The molecule has 0 spiro atoms. The van der Waals surface area contributed by atoms with Crippen LogP contribution in [0, 0.1) is 3.57 Å². The lowest BCUT2D eigenvalue weighted by atomic mass is 10.0. The second kappa shape index (κ2) is 8.84. The second-order valence-electron chi connectivity index (χ2n) is 5.62. The summed E-state index contributed by atoms with van der Waals surface area (Å²) in [5.41, 5.74) is 4.52. The van der Waals surface area contributed by atoms with Crippen LogP contribution in [-0.4, -0.2) is 9.97 Å². The SMILES string of the molecule is CCc1ccc(I)cc1/C=C\c1cccc(Nc2nc(Cl)ncc2Cl)c1. The molecule has 2 aromatic carbocycles. The summed E-state index contributed by atoms with van der Waals surface area (Å²) in [4.78, 5) is 7.97. The molecule has 3 nitrogen and oxygen atoms in total. The average Bonchev–Trinajstić information content (AvgIpc) is 2.63. The maximum absolute atomic E-state index is 6.11. The van der Waals surface area contributed by atoms with E-state index in [2.05, 4.69) is 81.2 Å². The Labute approximate surface area is 176 Å². The normalized spacial score (nSPS) is 11.1. The van der Waals surface area contributed by atoms with E-state index in [0.29, 0.717) is 10.8 Å². The van der Waals surface area contributed by atoms with Gasteiger partial charge in [-0.2, -0.15) is 4.98 Å². The number of anilines is 2. The zero-order valence-corrected chi connectivity index (χ0v) is 17.7. The van der Waals surface area contributed by atoms with Gasteiger partial charge in [0.25, 0.3) is 0 Å². The Morgan fingerprint density at radius 2 is 1.96 bits per heavy atom. The van der Waals surface area contributed by atoms with Gasteiger partial charge in [-0.05, 0) is 81.6 Å². The molecule has 0 aliphatic heterocycles. The zero-order valence-electron chi connectivity index (χ0n) is 14.0. The lowest BCUT2D eigenvalue weighted by Crippen LogP contribution is -1.96. The topological polar surface area (TPSA) is 37.8 Å². The van der Waals surface area contributed by atoms with Gasteiger partial charge in [0.1, 0.15) is 5.02 Å². The van der Waals surface area contributed by atoms with Crippen LogP contribution in [0.2, 0.25) is 10.3 Å². The van der Waals surface area contributed by atoms with Crippen LogP contribution in [-0.2, 0) is 6.42 Å². The predicted octanol–water partition coefficient (Wildman–Crippen LogP) is 6.86. The van der Waals surface area contributed by atoms with Gasteiger partial charge in [-0.25, -0.2) is 4.98 Å². The first-order valence-corrected chi connectivity index (χ1v) is 9.90. The molecule has 1 aromatic heterocycles. The summed E-state index contributed by atoms with van der Waals surface area (Å²) in [6.07, 6.45) is 6.73. The summed E-state index contributed by atoms with van der Waals surface area (Å²) in [5.74, 6) is 0.485. The Kier molecular flexibility index (Phi) is 6.51. The number of halogens is 3.